The van der Waals surface area contributed by atoms with E-state index in [9.17, 15) is 9.59 Å². The maximum Gasteiger partial charge on any atom is 0.511 e. The SMILES string of the molecule is CCCc1nc2c(C)cc(-c3nc4ccccc4n3C)cc2n1Cc1ccc(-c2ccccc2C(=O)OC(C)OC(=O)OCCCCCO/N=[N+](\OC)N(C)C(C)(C)C)cc1. The Bertz CT molecular complexity index is 2480. The summed E-state index contributed by atoms with van der Waals surface area (Å²) in [6.45, 7) is 13.0. The number of para-hydroxylation sites is 2. The molecule has 14 nitrogen and oxygen atoms in total. The van der Waals surface area contributed by atoms with Crippen molar-refractivity contribution < 1.29 is 38.4 Å². The summed E-state index contributed by atoms with van der Waals surface area (Å²) in [5, 5.41) is 5.79. The molecule has 0 aliphatic carbocycles. The summed E-state index contributed by atoms with van der Waals surface area (Å²) < 4.78 is 20.4. The highest BCUT2D eigenvalue weighted by atomic mass is 16.8. The second-order valence-electron chi connectivity index (χ2n) is 16.0. The lowest BCUT2D eigenvalue weighted by Gasteiger charge is -2.23. The minimum absolute atomic E-state index is 0.146. The molecule has 0 aliphatic rings. The molecule has 0 radical (unpaired) electrons. The first-order valence-corrected chi connectivity index (χ1v) is 20.8. The Hall–Kier alpha value is -6.44. The van der Waals surface area contributed by atoms with Gasteiger partial charge < -0.3 is 28.2 Å². The van der Waals surface area contributed by atoms with Crippen LogP contribution in [0.5, 0.6) is 0 Å². The zero-order chi connectivity index (χ0) is 43.7. The molecule has 0 fully saturated rings. The summed E-state index contributed by atoms with van der Waals surface area (Å²) in [7, 11) is 5.42. The van der Waals surface area contributed by atoms with E-state index in [1.54, 1.807) is 17.1 Å². The number of esters is 1. The van der Waals surface area contributed by atoms with Crippen LogP contribution in [0.1, 0.15) is 87.6 Å². The summed E-state index contributed by atoms with van der Waals surface area (Å²) >= 11 is 0. The van der Waals surface area contributed by atoms with Crippen LogP contribution in [0.3, 0.4) is 0 Å². The monoisotopic (exact) mass is 832 g/mol. The normalized spacial score (nSPS) is 12.4. The topological polar surface area (TPSA) is 135 Å². The van der Waals surface area contributed by atoms with E-state index < -0.39 is 18.4 Å². The van der Waals surface area contributed by atoms with Crippen LogP contribution >= 0.6 is 0 Å². The number of hydrogen-bond acceptors (Lipinski definition) is 10. The first-order chi connectivity index (χ1) is 29.3. The fourth-order valence-electron chi connectivity index (χ4n) is 7.02. The van der Waals surface area contributed by atoms with Crippen molar-refractivity contribution in [3.8, 4) is 22.5 Å². The van der Waals surface area contributed by atoms with Gasteiger partial charge in [0.25, 0.3) is 10.2 Å². The lowest BCUT2D eigenvalue weighted by molar-refractivity contribution is -0.947. The number of carbonyl (C=O) groups excluding carboxylic acids is 2. The van der Waals surface area contributed by atoms with Crippen LogP contribution in [0.4, 0.5) is 4.79 Å². The third-order valence-electron chi connectivity index (χ3n) is 10.5. The van der Waals surface area contributed by atoms with Crippen molar-refractivity contribution in [3.63, 3.8) is 0 Å². The molecule has 0 spiro atoms. The predicted molar refractivity (Wildman–Crippen MR) is 233 cm³/mol. The Morgan fingerprint density at radius 1 is 0.885 bits per heavy atom. The van der Waals surface area contributed by atoms with E-state index in [1.807, 2.05) is 70.3 Å². The van der Waals surface area contributed by atoms with Gasteiger partial charge in [0.2, 0.25) is 6.29 Å². The molecule has 0 N–H and O–H groups in total. The quantitative estimate of drug-likeness (QED) is 0.0206. The van der Waals surface area contributed by atoms with Gasteiger partial charge in [-0.05, 0) is 106 Å². The zero-order valence-corrected chi connectivity index (χ0v) is 36.8. The van der Waals surface area contributed by atoms with E-state index in [0.717, 1.165) is 75.2 Å². The largest absolute Gasteiger partial charge is 0.511 e. The van der Waals surface area contributed by atoms with Gasteiger partial charge in [0.1, 0.15) is 18.3 Å². The Balaban J connectivity index is 1.05. The van der Waals surface area contributed by atoms with Crippen LogP contribution in [-0.2, 0) is 43.9 Å². The summed E-state index contributed by atoms with van der Waals surface area (Å²) in [4.78, 5) is 47.7. The van der Waals surface area contributed by atoms with Gasteiger partial charge in [-0.15, -0.1) is 5.01 Å². The van der Waals surface area contributed by atoms with Crippen molar-refractivity contribution in [1.82, 2.24) is 24.1 Å². The molecule has 0 amide bonds. The second-order valence-corrected chi connectivity index (χ2v) is 16.0. The number of unbranched alkanes of at least 4 members (excludes halogenated alkanes) is 2. The van der Waals surface area contributed by atoms with Crippen molar-refractivity contribution >= 4 is 34.2 Å². The molecule has 0 saturated carbocycles. The van der Waals surface area contributed by atoms with Gasteiger partial charge in [-0.25, -0.2) is 24.4 Å². The molecular weight excluding hydrogens is 775 g/mol. The Kier molecular flexibility index (Phi) is 14.3. The van der Waals surface area contributed by atoms with Crippen LogP contribution in [-0.4, -0.2) is 80.4 Å². The van der Waals surface area contributed by atoms with E-state index >= 15 is 0 Å². The average molecular weight is 833 g/mol. The van der Waals surface area contributed by atoms with Gasteiger partial charge in [-0.1, -0.05) is 61.5 Å². The number of aromatic nitrogens is 4. The van der Waals surface area contributed by atoms with E-state index in [-0.39, 0.29) is 12.1 Å². The van der Waals surface area contributed by atoms with Crippen molar-refractivity contribution in [3.05, 3.63) is 107 Å². The number of benzene rings is 4. The van der Waals surface area contributed by atoms with Crippen LogP contribution < -0.4 is 0 Å². The van der Waals surface area contributed by atoms with E-state index in [1.165, 1.54) is 19.0 Å². The van der Waals surface area contributed by atoms with Gasteiger partial charge in [0.15, 0.2) is 7.11 Å². The summed E-state index contributed by atoms with van der Waals surface area (Å²) in [6, 6.07) is 27.9. The third-order valence-corrected chi connectivity index (χ3v) is 10.5. The molecule has 0 bridgehead atoms. The Morgan fingerprint density at radius 2 is 1.61 bits per heavy atom. The number of ether oxygens (including phenoxy) is 3. The van der Waals surface area contributed by atoms with Gasteiger partial charge in [0.05, 0.1) is 46.8 Å². The molecule has 2 heterocycles. The molecule has 6 rings (SSSR count). The predicted octanol–water partition coefficient (Wildman–Crippen LogP) is 10.00. The van der Waals surface area contributed by atoms with Crippen molar-refractivity contribution in [2.45, 2.75) is 92.0 Å². The van der Waals surface area contributed by atoms with Crippen LogP contribution in [0.15, 0.2) is 90.2 Å². The van der Waals surface area contributed by atoms with E-state index in [0.29, 0.717) is 37.1 Å². The van der Waals surface area contributed by atoms with E-state index in [2.05, 4.69) is 65.6 Å². The summed E-state index contributed by atoms with van der Waals surface area (Å²) in [6.07, 6.45) is 1.77. The molecule has 4 aromatic carbocycles. The molecule has 0 saturated heterocycles. The molecule has 61 heavy (non-hydrogen) atoms. The fourth-order valence-corrected chi connectivity index (χ4v) is 7.02. The number of hydrazine groups is 1. The van der Waals surface area contributed by atoms with Crippen molar-refractivity contribution in [2.75, 3.05) is 27.4 Å². The lowest BCUT2D eigenvalue weighted by Crippen LogP contribution is -2.44. The minimum atomic E-state index is -1.16. The first-order valence-electron chi connectivity index (χ1n) is 20.8. The standard InChI is InChI=1S/C47H58N7O7/c1-10-18-42-49-43-32(2)29-36(44-48-39-21-14-15-22-40(39)51(44)7)30-41(43)53(42)31-34-23-25-35(26-24-34)37-19-12-13-20-38(37)45(55)60-33(3)61-46(56)58-27-16-11-17-28-59-50-54(57-9)52(8)47(4,5)6/h12-15,19-26,29-30,33H,10-11,16-18,27-28,31H2,1-9H3/q+1/b54-50-. The molecular formula is C47H58N7O7+. The van der Waals surface area contributed by atoms with Crippen LogP contribution in [0.25, 0.3) is 44.6 Å². The molecule has 1 atom stereocenters. The number of fused-ring (bicyclic) bond motifs is 2. The average Bonchev–Trinajstić information content (AvgIpc) is 3.76. The first kappa shape index (κ1) is 44.1. The highest BCUT2D eigenvalue weighted by Crippen LogP contribution is 2.31. The van der Waals surface area contributed by atoms with Crippen LogP contribution in [0.2, 0.25) is 0 Å². The maximum atomic E-state index is 13.4. The molecule has 0 aliphatic heterocycles. The maximum absolute atomic E-state index is 13.4. The number of aryl methyl sites for hydroxylation is 3. The van der Waals surface area contributed by atoms with E-state index in [4.69, 9.17) is 33.9 Å². The fraction of sp³-hybridized carbons (Fsp3) is 0.404. The van der Waals surface area contributed by atoms with Crippen LogP contribution in [0, 0.1) is 6.92 Å². The number of nitrogens with zero attached hydrogens (tertiary/aromatic N) is 7. The molecule has 2 aromatic heterocycles. The smallest absolute Gasteiger partial charge is 0.434 e. The lowest BCUT2D eigenvalue weighted by atomic mass is 9.98. The second kappa shape index (κ2) is 19.7. The number of imidazole rings is 2. The van der Waals surface area contributed by atoms with Gasteiger partial charge >= 0.3 is 12.1 Å². The molecule has 322 valence electrons. The number of carbonyl (C=O) groups is 2. The van der Waals surface area contributed by atoms with Gasteiger partial charge in [-0.3, -0.25) is 0 Å². The Labute approximate surface area is 357 Å². The van der Waals surface area contributed by atoms with Gasteiger partial charge in [0, 0.05) is 32.5 Å². The highest BCUT2D eigenvalue weighted by Gasteiger charge is 2.30. The van der Waals surface area contributed by atoms with Crippen molar-refractivity contribution in [1.29, 1.82) is 0 Å². The van der Waals surface area contributed by atoms with Crippen molar-refractivity contribution in [2.24, 2.45) is 12.3 Å². The number of hydrogen-bond donors (Lipinski definition) is 0. The highest BCUT2D eigenvalue weighted by molar-refractivity contribution is 5.97. The number of rotatable bonds is 18. The molecule has 14 heteroatoms. The minimum Gasteiger partial charge on any atom is -0.434 e. The third kappa shape index (κ3) is 10.7. The Morgan fingerprint density at radius 3 is 2.33 bits per heavy atom. The van der Waals surface area contributed by atoms with Gasteiger partial charge in [-0.2, -0.15) is 0 Å². The summed E-state index contributed by atoms with van der Waals surface area (Å²) in [5.41, 5.74) is 9.04. The summed E-state index contributed by atoms with van der Waals surface area (Å²) in [5.74, 6) is 1.33. The zero-order valence-electron chi connectivity index (χ0n) is 36.8. The molecule has 6 aromatic rings. The molecule has 1 unspecified atom stereocenters.